The second-order valence-corrected chi connectivity index (χ2v) is 5.72. The molecule has 7 nitrogen and oxygen atoms in total. The summed E-state index contributed by atoms with van der Waals surface area (Å²) in [6.07, 6.45) is 1.26. The van der Waals surface area contributed by atoms with E-state index in [2.05, 4.69) is 30.7 Å². The van der Waals surface area contributed by atoms with Crippen LogP contribution < -0.4 is 5.32 Å². The molecule has 21 heavy (non-hydrogen) atoms. The lowest BCUT2D eigenvalue weighted by Gasteiger charge is -2.15. The zero-order valence-corrected chi connectivity index (χ0v) is 12.2. The van der Waals surface area contributed by atoms with Crippen molar-refractivity contribution in [2.75, 3.05) is 11.9 Å². The number of aromatic amines is 1. The van der Waals surface area contributed by atoms with Crippen molar-refractivity contribution in [3.63, 3.8) is 0 Å². The molecule has 1 aliphatic carbocycles. The van der Waals surface area contributed by atoms with Gasteiger partial charge in [0, 0.05) is 18.4 Å². The standard InChI is InChI=1S/C14H20N6O/c1-8-3-4-13(19-17-8)15-7-11-5-10(6-12(11)21)14-16-9(2)18-20-14/h3-4,10-12,21H,5-7H2,1-2H3,(H,15,19)(H,16,18,20)/t10-,11+,12+/m0/s1. The Morgan fingerprint density at radius 3 is 2.81 bits per heavy atom. The SMILES string of the molecule is Cc1ccc(NC[C@H]2C[C@H](c3n[nH]c(C)n3)C[C@H]2O)nn1. The summed E-state index contributed by atoms with van der Waals surface area (Å²) < 4.78 is 0. The van der Waals surface area contributed by atoms with E-state index in [4.69, 9.17) is 0 Å². The van der Waals surface area contributed by atoms with Gasteiger partial charge in [0.15, 0.2) is 5.82 Å². The van der Waals surface area contributed by atoms with Crippen LogP contribution in [0.15, 0.2) is 12.1 Å². The van der Waals surface area contributed by atoms with Crippen LogP contribution in [0.2, 0.25) is 0 Å². The highest BCUT2D eigenvalue weighted by Gasteiger charge is 2.35. The van der Waals surface area contributed by atoms with Crippen molar-refractivity contribution in [1.29, 1.82) is 0 Å². The molecule has 3 atom stereocenters. The van der Waals surface area contributed by atoms with Crippen molar-refractivity contribution in [3.05, 3.63) is 29.5 Å². The first-order chi connectivity index (χ1) is 10.1. The molecule has 2 aromatic heterocycles. The summed E-state index contributed by atoms with van der Waals surface area (Å²) >= 11 is 0. The topological polar surface area (TPSA) is 99.6 Å². The minimum atomic E-state index is -0.334. The molecule has 0 unspecified atom stereocenters. The number of aryl methyl sites for hydroxylation is 2. The highest BCUT2D eigenvalue weighted by molar-refractivity contribution is 5.32. The average molecular weight is 288 g/mol. The van der Waals surface area contributed by atoms with E-state index < -0.39 is 0 Å². The Bertz CT molecular complexity index is 596. The third kappa shape index (κ3) is 3.18. The van der Waals surface area contributed by atoms with E-state index in [9.17, 15) is 5.11 Å². The lowest BCUT2D eigenvalue weighted by Crippen LogP contribution is -2.22. The second-order valence-electron chi connectivity index (χ2n) is 5.72. The van der Waals surface area contributed by atoms with Crippen LogP contribution in [0.25, 0.3) is 0 Å². The highest BCUT2D eigenvalue weighted by atomic mass is 16.3. The van der Waals surface area contributed by atoms with Crippen molar-refractivity contribution in [1.82, 2.24) is 25.4 Å². The molecule has 1 saturated carbocycles. The van der Waals surface area contributed by atoms with Crippen LogP contribution in [0.3, 0.4) is 0 Å². The molecule has 0 bridgehead atoms. The average Bonchev–Trinajstić information content (AvgIpc) is 3.05. The van der Waals surface area contributed by atoms with E-state index in [0.29, 0.717) is 13.0 Å². The lowest BCUT2D eigenvalue weighted by atomic mass is 10.0. The summed E-state index contributed by atoms with van der Waals surface area (Å²) in [4.78, 5) is 4.37. The number of hydrogen-bond acceptors (Lipinski definition) is 6. The predicted molar refractivity (Wildman–Crippen MR) is 77.9 cm³/mol. The first kappa shape index (κ1) is 13.9. The van der Waals surface area contributed by atoms with Gasteiger partial charge in [0.2, 0.25) is 0 Å². The quantitative estimate of drug-likeness (QED) is 0.781. The largest absolute Gasteiger partial charge is 0.393 e. The number of nitrogens with zero attached hydrogens (tertiary/aromatic N) is 4. The van der Waals surface area contributed by atoms with Gasteiger partial charge in [-0.1, -0.05) is 0 Å². The maximum Gasteiger partial charge on any atom is 0.153 e. The number of anilines is 1. The molecule has 0 aliphatic heterocycles. The molecule has 1 fully saturated rings. The Labute approximate surface area is 123 Å². The van der Waals surface area contributed by atoms with E-state index in [1.54, 1.807) is 0 Å². The molecule has 0 saturated heterocycles. The van der Waals surface area contributed by atoms with Gasteiger partial charge in [-0.3, -0.25) is 5.10 Å². The van der Waals surface area contributed by atoms with Gasteiger partial charge in [-0.2, -0.15) is 10.2 Å². The van der Waals surface area contributed by atoms with E-state index in [0.717, 1.165) is 29.6 Å². The smallest absolute Gasteiger partial charge is 0.153 e. The number of hydrogen-bond donors (Lipinski definition) is 3. The van der Waals surface area contributed by atoms with Crippen molar-refractivity contribution in [3.8, 4) is 0 Å². The Balaban J connectivity index is 1.58. The molecule has 7 heteroatoms. The first-order valence-electron chi connectivity index (χ1n) is 7.23. The van der Waals surface area contributed by atoms with Gasteiger partial charge in [-0.15, -0.1) is 5.10 Å². The number of aromatic nitrogens is 5. The molecule has 2 heterocycles. The van der Waals surface area contributed by atoms with Crippen molar-refractivity contribution in [2.24, 2.45) is 5.92 Å². The van der Waals surface area contributed by atoms with Gasteiger partial charge in [0.1, 0.15) is 11.6 Å². The summed E-state index contributed by atoms with van der Waals surface area (Å²) in [5, 5.41) is 28.6. The Kier molecular flexibility index (Phi) is 3.83. The number of H-pyrrole nitrogens is 1. The predicted octanol–water partition coefficient (Wildman–Crippen LogP) is 1.18. The monoisotopic (exact) mass is 288 g/mol. The molecule has 2 aromatic rings. The van der Waals surface area contributed by atoms with E-state index >= 15 is 0 Å². The number of aliphatic hydroxyl groups is 1. The van der Waals surface area contributed by atoms with Crippen LogP contribution >= 0.6 is 0 Å². The third-order valence-electron chi connectivity index (χ3n) is 3.98. The van der Waals surface area contributed by atoms with Crippen LogP contribution in [0.4, 0.5) is 5.82 Å². The number of rotatable bonds is 4. The molecule has 1 aliphatic rings. The lowest BCUT2D eigenvalue weighted by molar-refractivity contribution is 0.137. The minimum absolute atomic E-state index is 0.178. The van der Waals surface area contributed by atoms with E-state index in [1.165, 1.54) is 0 Å². The first-order valence-corrected chi connectivity index (χ1v) is 7.23. The fourth-order valence-electron chi connectivity index (χ4n) is 2.80. The minimum Gasteiger partial charge on any atom is -0.393 e. The van der Waals surface area contributed by atoms with Crippen LogP contribution in [-0.4, -0.2) is 43.1 Å². The van der Waals surface area contributed by atoms with Gasteiger partial charge < -0.3 is 10.4 Å². The Hall–Kier alpha value is -2.02. The van der Waals surface area contributed by atoms with E-state index in [1.807, 2.05) is 26.0 Å². The number of nitrogens with one attached hydrogen (secondary N) is 2. The van der Waals surface area contributed by atoms with Crippen LogP contribution in [0.5, 0.6) is 0 Å². The summed E-state index contributed by atoms with van der Waals surface area (Å²) in [6, 6.07) is 3.82. The van der Waals surface area contributed by atoms with Crippen LogP contribution in [0, 0.1) is 19.8 Å². The molecule has 0 spiro atoms. The fourth-order valence-corrected chi connectivity index (χ4v) is 2.80. The fraction of sp³-hybridized carbons (Fsp3) is 0.571. The van der Waals surface area contributed by atoms with Gasteiger partial charge >= 0.3 is 0 Å². The summed E-state index contributed by atoms with van der Waals surface area (Å²) in [6.45, 7) is 4.47. The number of aliphatic hydroxyl groups excluding tert-OH is 1. The molecule has 112 valence electrons. The van der Waals surface area contributed by atoms with Crippen LogP contribution in [-0.2, 0) is 0 Å². The Morgan fingerprint density at radius 1 is 1.29 bits per heavy atom. The van der Waals surface area contributed by atoms with Gasteiger partial charge in [-0.05, 0) is 38.8 Å². The second kappa shape index (κ2) is 5.77. The zero-order valence-electron chi connectivity index (χ0n) is 12.2. The maximum atomic E-state index is 10.2. The molecule has 0 radical (unpaired) electrons. The van der Waals surface area contributed by atoms with Gasteiger partial charge in [0.05, 0.1) is 11.8 Å². The normalized spacial score (nSPS) is 25.2. The summed E-state index contributed by atoms with van der Waals surface area (Å²) in [7, 11) is 0. The molecular formula is C14H20N6O. The van der Waals surface area contributed by atoms with E-state index in [-0.39, 0.29) is 17.9 Å². The zero-order chi connectivity index (χ0) is 14.8. The van der Waals surface area contributed by atoms with Gasteiger partial charge in [0.25, 0.3) is 0 Å². The van der Waals surface area contributed by atoms with Crippen molar-refractivity contribution in [2.45, 2.75) is 38.7 Å². The molecular weight excluding hydrogens is 268 g/mol. The molecule has 0 aromatic carbocycles. The van der Waals surface area contributed by atoms with Crippen molar-refractivity contribution < 1.29 is 5.11 Å². The summed E-state index contributed by atoms with van der Waals surface area (Å²) in [5.41, 5.74) is 0.890. The third-order valence-corrected chi connectivity index (χ3v) is 3.98. The van der Waals surface area contributed by atoms with Crippen molar-refractivity contribution >= 4 is 5.82 Å². The highest BCUT2D eigenvalue weighted by Crippen LogP contribution is 2.37. The Morgan fingerprint density at radius 2 is 2.14 bits per heavy atom. The molecule has 0 amide bonds. The van der Waals surface area contributed by atoms with Crippen LogP contribution in [0.1, 0.15) is 36.1 Å². The molecule has 3 rings (SSSR count). The maximum absolute atomic E-state index is 10.2. The molecule has 3 N–H and O–H groups in total. The summed E-state index contributed by atoms with van der Waals surface area (Å²) in [5.74, 6) is 2.77. The van der Waals surface area contributed by atoms with Gasteiger partial charge in [-0.25, -0.2) is 4.98 Å².